The molecule has 0 N–H and O–H groups in total. The summed E-state index contributed by atoms with van der Waals surface area (Å²) in [5, 5.41) is 0. The maximum Gasteiger partial charge on any atom is 0.226 e. The summed E-state index contributed by atoms with van der Waals surface area (Å²) in [4.78, 5) is 12.9. The molecule has 0 bridgehead atoms. The van der Waals surface area contributed by atoms with E-state index < -0.39 is 0 Å². The minimum atomic E-state index is 0.287. The highest BCUT2D eigenvalue weighted by Crippen LogP contribution is 2.14. The maximum absolute atomic E-state index is 5.09. The van der Waals surface area contributed by atoms with Gasteiger partial charge in [0.15, 0.2) is 0 Å². The molecule has 1 heterocycles. The zero-order valence-electron chi connectivity index (χ0n) is 10.7. The molecule has 5 nitrogen and oxygen atoms in total. The molecule has 0 saturated carbocycles. The first-order valence-electron chi connectivity index (χ1n) is 5.39. The van der Waals surface area contributed by atoms with Gasteiger partial charge in [0.2, 0.25) is 5.95 Å². The highest BCUT2D eigenvalue weighted by molar-refractivity contribution is 9.09. The normalized spacial score (nSPS) is 12.3. The fraction of sp³-hybridized carbons (Fsp3) is 0.636. The summed E-state index contributed by atoms with van der Waals surface area (Å²) in [6, 6.07) is 1.90. The third-order valence-corrected chi connectivity index (χ3v) is 2.79. The number of ether oxygens (including phenoxy) is 1. The lowest BCUT2D eigenvalue weighted by atomic mass is 10.4. The molecule has 96 valence electrons. The molecule has 0 aliphatic heterocycles. The van der Waals surface area contributed by atoms with Crippen LogP contribution in [-0.2, 0) is 4.74 Å². The second-order valence-electron chi connectivity index (χ2n) is 4.04. The molecule has 1 aromatic heterocycles. The average molecular weight is 303 g/mol. The van der Waals surface area contributed by atoms with E-state index in [9.17, 15) is 0 Å². The summed E-state index contributed by atoms with van der Waals surface area (Å²) in [5.41, 5.74) is 0. The van der Waals surface area contributed by atoms with Crippen LogP contribution >= 0.6 is 15.9 Å². The Morgan fingerprint density at radius 3 is 2.71 bits per heavy atom. The first-order valence-corrected chi connectivity index (χ1v) is 6.30. The smallest absolute Gasteiger partial charge is 0.226 e. The highest BCUT2D eigenvalue weighted by Gasteiger charge is 2.10. The summed E-state index contributed by atoms with van der Waals surface area (Å²) < 4.78 is 5.09. The van der Waals surface area contributed by atoms with Gasteiger partial charge in [0.05, 0.1) is 11.4 Å². The molecule has 0 aliphatic rings. The lowest BCUT2D eigenvalue weighted by molar-refractivity contribution is 0.201. The largest absolute Gasteiger partial charge is 0.383 e. The van der Waals surface area contributed by atoms with Crippen molar-refractivity contribution in [1.29, 1.82) is 0 Å². The number of hydrogen-bond donors (Lipinski definition) is 0. The van der Waals surface area contributed by atoms with E-state index in [2.05, 4.69) is 30.8 Å². The molecule has 1 unspecified atom stereocenters. The van der Waals surface area contributed by atoms with Crippen molar-refractivity contribution in [2.45, 2.75) is 4.83 Å². The monoisotopic (exact) mass is 302 g/mol. The van der Waals surface area contributed by atoms with Crippen LogP contribution in [0.3, 0.4) is 0 Å². The molecule has 0 aromatic carbocycles. The standard InChI is InChI=1S/C11H19BrN4O/c1-15(2)11-13-6-5-10(14-11)16(3)7-9(12)8-17-4/h5-6,9H,7-8H2,1-4H3. The molecule has 1 aromatic rings. The summed E-state index contributed by atoms with van der Waals surface area (Å²) in [6.45, 7) is 1.51. The van der Waals surface area contributed by atoms with Crippen molar-refractivity contribution in [3.63, 3.8) is 0 Å². The van der Waals surface area contributed by atoms with Crippen molar-refractivity contribution in [3.8, 4) is 0 Å². The topological polar surface area (TPSA) is 41.5 Å². The van der Waals surface area contributed by atoms with E-state index in [1.807, 2.05) is 32.1 Å². The number of aromatic nitrogens is 2. The third kappa shape index (κ3) is 4.47. The molecule has 6 heteroatoms. The van der Waals surface area contributed by atoms with Gasteiger partial charge in [0.25, 0.3) is 0 Å². The molecular formula is C11H19BrN4O. The van der Waals surface area contributed by atoms with Crippen molar-refractivity contribution in [1.82, 2.24) is 9.97 Å². The number of hydrogen-bond acceptors (Lipinski definition) is 5. The second kappa shape index (κ2) is 6.76. The van der Waals surface area contributed by atoms with Crippen LogP contribution in [0.1, 0.15) is 0 Å². The van der Waals surface area contributed by atoms with Gasteiger partial charge in [-0.25, -0.2) is 4.98 Å². The second-order valence-corrected chi connectivity index (χ2v) is 5.34. The van der Waals surface area contributed by atoms with Crippen LogP contribution in [0.15, 0.2) is 12.3 Å². The molecule has 0 aliphatic carbocycles. The van der Waals surface area contributed by atoms with Gasteiger partial charge in [-0.3, -0.25) is 0 Å². The van der Waals surface area contributed by atoms with Crippen LogP contribution < -0.4 is 9.80 Å². The van der Waals surface area contributed by atoms with Gasteiger partial charge in [0.1, 0.15) is 5.82 Å². The number of alkyl halides is 1. The molecule has 1 rings (SSSR count). The Hall–Kier alpha value is -0.880. The van der Waals surface area contributed by atoms with E-state index in [4.69, 9.17) is 4.74 Å². The van der Waals surface area contributed by atoms with Crippen LogP contribution in [0.2, 0.25) is 0 Å². The predicted molar refractivity (Wildman–Crippen MR) is 74.2 cm³/mol. The fourth-order valence-corrected chi connectivity index (χ4v) is 2.09. The van der Waals surface area contributed by atoms with Gasteiger partial charge in [-0.05, 0) is 6.07 Å². The Morgan fingerprint density at radius 1 is 1.41 bits per heavy atom. The molecule has 0 amide bonds. The maximum atomic E-state index is 5.09. The van der Waals surface area contributed by atoms with Crippen LogP contribution in [0.5, 0.6) is 0 Å². The van der Waals surface area contributed by atoms with Gasteiger partial charge < -0.3 is 14.5 Å². The van der Waals surface area contributed by atoms with Crippen molar-refractivity contribution in [3.05, 3.63) is 12.3 Å². The van der Waals surface area contributed by atoms with Gasteiger partial charge >= 0.3 is 0 Å². The molecule has 0 saturated heterocycles. The van der Waals surface area contributed by atoms with E-state index >= 15 is 0 Å². The van der Waals surface area contributed by atoms with Crippen molar-refractivity contribution < 1.29 is 4.74 Å². The molecule has 0 spiro atoms. The number of rotatable bonds is 6. The Morgan fingerprint density at radius 2 is 2.12 bits per heavy atom. The Balaban J connectivity index is 2.68. The summed E-state index contributed by atoms with van der Waals surface area (Å²) in [6.07, 6.45) is 1.77. The van der Waals surface area contributed by atoms with Gasteiger partial charge in [-0.15, -0.1) is 0 Å². The van der Waals surface area contributed by atoms with Crippen molar-refractivity contribution in [2.24, 2.45) is 0 Å². The molecule has 0 fully saturated rings. The Labute approximate surface area is 111 Å². The summed E-state index contributed by atoms with van der Waals surface area (Å²) >= 11 is 3.56. The first-order chi connectivity index (χ1) is 8.04. The van der Waals surface area contributed by atoms with Crippen LogP contribution in [-0.4, -0.2) is 56.2 Å². The zero-order valence-corrected chi connectivity index (χ0v) is 12.3. The minimum Gasteiger partial charge on any atom is -0.383 e. The first kappa shape index (κ1) is 14.2. The lowest BCUT2D eigenvalue weighted by Crippen LogP contribution is -2.29. The van der Waals surface area contributed by atoms with Gasteiger partial charge in [-0.2, -0.15) is 4.98 Å². The van der Waals surface area contributed by atoms with Crippen LogP contribution in [0.4, 0.5) is 11.8 Å². The third-order valence-electron chi connectivity index (χ3n) is 2.24. The van der Waals surface area contributed by atoms with Gasteiger partial charge in [0, 0.05) is 41.0 Å². The molecule has 17 heavy (non-hydrogen) atoms. The SMILES string of the molecule is COCC(Br)CN(C)c1ccnc(N(C)C)n1. The Bertz CT molecular complexity index is 348. The summed E-state index contributed by atoms with van der Waals surface area (Å²) in [7, 11) is 7.56. The number of anilines is 2. The van der Waals surface area contributed by atoms with E-state index in [1.165, 1.54) is 0 Å². The zero-order chi connectivity index (χ0) is 12.8. The van der Waals surface area contributed by atoms with Crippen LogP contribution in [0.25, 0.3) is 0 Å². The van der Waals surface area contributed by atoms with Crippen LogP contribution in [0, 0.1) is 0 Å². The predicted octanol–water partition coefficient (Wildman–Crippen LogP) is 1.39. The van der Waals surface area contributed by atoms with Crippen molar-refractivity contribution in [2.75, 3.05) is 51.2 Å². The highest BCUT2D eigenvalue weighted by atomic mass is 79.9. The van der Waals surface area contributed by atoms with E-state index in [-0.39, 0.29) is 4.83 Å². The van der Waals surface area contributed by atoms with Gasteiger partial charge in [-0.1, -0.05) is 15.9 Å². The average Bonchev–Trinajstić information content (AvgIpc) is 2.29. The number of halogens is 1. The number of nitrogens with zero attached hydrogens (tertiary/aromatic N) is 4. The van der Waals surface area contributed by atoms with Crippen molar-refractivity contribution >= 4 is 27.7 Å². The number of methoxy groups -OCH3 is 1. The Kier molecular flexibility index (Phi) is 5.64. The lowest BCUT2D eigenvalue weighted by Gasteiger charge is -2.22. The minimum absolute atomic E-state index is 0.287. The summed E-state index contributed by atoms with van der Waals surface area (Å²) in [5.74, 6) is 1.62. The van der Waals surface area contributed by atoms with E-state index in [0.29, 0.717) is 12.6 Å². The fourth-order valence-electron chi connectivity index (χ4n) is 1.39. The molecule has 1 atom stereocenters. The molecule has 0 radical (unpaired) electrons. The van der Waals surface area contributed by atoms with E-state index in [0.717, 1.165) is 12.4 Å². The van der Waals surface area contributed by atoms with E-state index in [1.54, 1.807) is 13.3 Å². The quantitative estimate of drug-likeness (QED) is 0.743. The molecular weight excluding hydrogens is 284 g/mol.